The van der Waals surface area contributed by atoms with Gasteiger partial charge in [-0.1, -0.05) is 12.1 Å². The third kappa shape index (κ3) is 8.48. The van der Waals surface area contributed by atoms with E-state index in [0.717, 1.165) is 45.1 Å². The molecule has 2 aliphatic heterocycles. The van der Waals surface area contributed by atoms with Gasteiger partial charge in [0.1, 0.15) is 17.4 Å². The van der Waals surface area contributed by atoms with Gasteiger partial charge in [-0.25, -0.2) is 23.4 Å². The van der Waals surface area contributed by atoms with E-state index in [1.54, 1.807) is 4.90 Å². The summed E-state index contributed by atoms with van der Waals surface area (Å²) in [5.74, 6) is -1.38. The molecular weight excluding hydrogens is 572 g/mol. The monoisotopic (exact) mass is 607 g/mol. The zero-order chi connectivity index (χ0) is 31.1. The van der Waals surface area contributed by atoms with E-state index in [4.69, 9.17) is 4.74 Å². The quantitative estimate of drug-likeness (QED) is 0.367. The number of nitrogens with one attached hydrogen (secondary N) is 3. The number of rotatable bonds is 7. The number of anilines is 2. The van der Waals surface area contributed by atoms with Gasteiger partial charge >= 0.3 is 12.1 Å². The second-order valence-corrected chi connectivity index (χ2v) is 10.9. The number of carbonyl (C=O) groups excluding carboxylic acids is 3. The van der Waals surface area contributed by atoms with Crippen LogP contribution in [-0.4, -0.2) is 90.0 Å². The van der Waals surface area contributed by atoms with Crippen LogP contribution in [0.1, 0.15) is 18.4 Å². The Labute approximate surface area is 254 Å². The fourth-order valence-electron chi connectivity index (χ4n) is 5.29. The standard InChI is InChI=1S/C31H35F2N7O4/c1-38-12-9-24(10-13-38)39-14-16-40(17-15-39)31(43)36-28-20-25(8-11-34-28)44-27-7-6-23(19-26(27)33)35-30(42)37-29(41)18-21-2-4-22(32)5-3-21/h2-8,11,19-20,24H,9-10,12-18H2,1H3,(H,34,36,43)(H2,35,37,41,42). The number of piperazine rings is 1. The highest BCUT2D eigenvalue weighted by atomic mass is 19.1. The van der Waals surface area contributed by atoms with E-state index in [1.807, 2.05) is 0 Å². The number of carbonyl (C=O) groups is 3. The number of ether oxygens (including phenoxy) is 1. The zero-order valence-corrected chi connectivity index (χ0v) is 24.4. The fourth-order valence-corrected chi connectivity index (χ4v) is 5.29. The van der Waals surface area contributed by atoms with Crippen LogP contribution in [0.4, 0.5) is 29.9 Å². The van der Waals surface area contributed by atoms with E-state index < -0.39 is 23.6 Å². The van der Waals surface area contributed by atoms with Gasteiger partial charge in [0.2, 0.25) is 5.91 Å². The van der Waals surface area contributed by atoms with Crippen molar-refractivity contribution in [3.8, 4) is 11.5 Å². The number of benzene rings is 2. The predicted molar refractivity (Wildman–Crippen MR) is 161 cm³/mol. The summed E-state index contributed by atoms with van der Waals surface area (Å²) in [7, 11) is 2.15. The Bertz CT molecular complexity index is 1470. The summed E-state index contributed by atoms with van der Waals surface area (Å²) in [4.78, 5) is 47.9. The molecule has 0 aliphatic carbocycles. The molecule has 5 rings (SSSR count). The van der Waals surface area contributed by atoms with Crippen molar-refractivity contribution in [3.63, 3.8) is 0 Å². The molecule has 2 aliphatic rings. The molecule has 0 spiro atoms. The van der Waals surface area contributed by atoms with Crippen LogP contribution in [-0.2, 0) is 11.2 Å². The number of aromatic nitrogens is 1. The van der Waals surface area contributed by atoms with Crippen LogP contribution < -0.4 is 20.7 Å². The van der Waals surface area contributed by atoms with E-state index in [-0.39, 0.29) is 35.5 Å². The second-order valence-electron chi connectivity index (χ2n) is 10.9. The second kappa shape index (κ2) is 14.2. The van der Waals surface area contributed by atoms with Crippen LogP contribution in [0.2, 0.25) is 0 Å². The van der Waals surface area contributed by atoms with Crippen LogP contribution in [0.3, 0.4) is 0 Å². The number of likely N-dealkylation sites (tertiary alicyclic amines) is 1. The fraction of sp³-hybridized carbons (Fsp3) is 0.355. The molecule has 2 aromatic carbocycles. The minimum Gasteiger partial charge on any atom is -0.454 e. The Hall–Kier alpha value is -4.62. The highest BCUT2D eigenvalue weighted by Crippen LogP contribution is 2.28. The highest BCUT2D eigenvalue weighted by Gasteiger charge is 2.28. The van der Waals surface area contributed by atoms with Crippen LogP contribution in [0.5, 0.6) is 11.5 Å². The smallest absolute Gasteiger partial charge is 0.325 e. The van der Waals surface area contributed by atoms with Gasteiger partial charge in [-0.05, 0) is 68.9 Å². The molecule has 44 heavy (non-hydrogen) atoms. The van der Waals surface area contributed by atoms with Gasteiger partial charge in [-0.2, -0.15) is 0 Å². The first-order chi connectivity index (χ1) is 21.2. The van der Waals surface area contributed by atoms with Crippen molar-refractivity contribution >= 4 is 29.5 Å². The van der Waals surface area contributed by atoms with E-state index in [1.165, 1.54) is 54.7 Å². The lowest BCUT2D eigenvalue weighted by molar-refractivity contribution is -0.119. The maximum atomic E-state index is 14.8. The Balaban J connectivity index is 1.09. The SMILES string of the molecule is CN1CCC(N2CCN(C(=O)Nc3cc(Oc4ccc(NC(=O)NC(=O)Cc5ccc(F)cc5)cc4F)ccn3)CC2)CC1. The summed E-state index contributed by atoms with van der Waals surface area (Å²) >= 11 is 0. The Morgan fingerprint density at radius 2 is 1.64 bits per heavy atom. The Kier molecular flexibility index (Phi) is 9.97. The minimum absolute atomic E-state index is 0.0977. The number of nitrogens with zero attached hydrogens (tertiary/aromatic N) is 4. The molecule has 232 valence electrons. The van der Waals surface area contributed by atoms with Gasteiger partial charge in [0.15, 0.2) is 11.6 Å². The third-order valence-electron chi connectivity index (χ3n) is 7.72. The van der Waals surface area contributed by atoms with Crippen LogP contribution in [0.25, 0.3) is 0 Å². The van der Waals surface area contributed by atoms with Crippen molar-refractivity contribution in [1.82, 2.24) is 25.0 Å². The Morgan fingerprint density at radius 3 is 2.34 bits per heavy atom. The van der Waals surface area contributed by atoms with Gasteiger partial charge in [0, 0.05) is 56.2 Å². The first-order valence-electron chi connectivity index (χ1n) is 14.5. The summed E-state index contributed by atoms with van der Waals surface area (Å²) in [6.07, 6.45) is 3.62. The number of urea groups is 2. The van der Waals surface area contributed by atoms with Crippen molar-refractivity contribution in [2.45, 2.75) is 25.3 Å². The van der Waals surface area contributed by atoms with Crippen LogP contribution in [0, 0.1) is 11.6 Å². The predicted octanol–water partition coefficient (Wildman–Crippen LogP) is 4.29. The maximum absolute atomic E-state index is 14.8. The van der Waals surface area contributed by atoms with Crippen LogP contribution in [0.15, 0.2) is 60.8 Å². The van der Waals surface area contributed by atoms with Crippen molar-refractivity contribution in [1.29, 1.82) is 0 Å². The number of imide groups is 1. The van der Waals surface area contributed by atoms with E-state index in [9.17, 15) is 23.2 Å². The zero-order valence-electron chi connectivity index (χ0n) is 24.4. The topological polar surface area (TPSA) is 119 Å². The van der Waals surface area contributed by atoms with Crippen molar-refractivity contribution in [2.75, 3.05) is 56.9 Å². The normalized spacial score (nSPS) is 16.3. The summed E-state index contributed by atoms with van der Waals surface area (Å²) in [5, 5.41) is 7.33. The molecule has 2 saturated heterocycles. The molecule has 3 heterocycles. The van der Waals surface area contributed by atoms with Gasteiger partial charge in [-0.15, -0.1) is 0 Å². The largest absolute Gasteiger partial charge is 0.454 e. The number of pyridine rings is 1. The lowest BCUT2D eigenvalue weighted by atomic mass is 10.0. The summed E-state index contributed by atoms with van der Waals surface area (Å²) in [6, 6.07) is 11.6. The molecule has 3 N–H and O–H groups in total. The third-order valence-corrected chi connectivity index (χ3v) is 7.72. The molecule has 0 saturated carbocycles. The average molecular weight is 608 g/mol. The molecule has 0 bridgehead atoms. The summed E-state index contributed by atoms with van der Waals surface area (Å²) in [5.41, 5.74) is 0.629. The molecule has 13 heteroatoms. The first kappa shape index (κ1) is 30.8. The molecule has 11 nitrogen and oxygen atoms in total. The van der Waals surface area contributed by atoms with Crippen molar-refractivity contribution in [2.24, 2.45) is 0 Å². The maximum Gasteiger partial charge on any atom is 0.325 e. The molecule has 2 fully saturated rings. The number of hydrogen-bond acceptors (Lipinski definition) is 7. The summed E-state index contributed by atoms with van der Waals surface area (Å²) in [6.45, 7) is 5.11. The molecular formula is C31H35F2N7O4. The number of hydrogen-bond donors (Lipinski definition) is 3. The van der Waals surface area contributed by atoms with Gasteiger partial charge in [0.05, 0.1) is 6.42 Å². The molecule has 0 unspecified atom stereocenters. The van der Waals surface area contributed by atoms with Gasteiger partial charge in [-0.3, -0.25) is 20.3 Å². The Morgan fingerprint density at radius 1 is 0.909 bits per heavy atom. The molecule has 5 amide bonds. The molecule has 0 atom stereocenters. The van der Waals surface area contributed by atoms with Gasteiger partial charge < -0.3 is 19.9 Å². The van der Waals surface area contributed by atoms with E-state index in [0.29, 0.717) is 24.7 Å². The first-order valence-corrected chi connectivity index (χ1v) is 14.5. The molecule has 1 aromatic heterocycles. The number of amides is 5. The van der Waals surface area contributed by atoms with Crippen molar-refractivity contribution in [3.05, 3.63) is 78.0 Å². The minimum atomic E-state index is -0.845. The average Bonchev–Trinajstić information content (AvgIpc) is 3.00. The number of halogens is 2. The summed E-state index contributed by atoms with van der Waals surface area (Å²) < 4.78 is 33.5. The lowest BCUT2D eigenvalue weighted by Gasteiger charge is -2.42. The van der Waals surface area contributed by atoms with Crippen molar-refractivity contribution < 1.29 is 27.9 Å². The van der Waals surface area contributed by atoms with Gasteiger partial charge in [0.25, 0.3) is 0 Å². The van der Waals surface area contributed by atoms with E-state index in [2.05, 4.69) is 37.8 Å². The number of piperidine rings is 1. The van der Waals surface area contributed by atoms with Crippen LogP contribution >= 0.6 is 0 Å². The highest BCUT2D eigenvalue weighted by molar-refractivity contribution is 6.01. The van der Waals surface area contributed by atoms with E-state index >= 15 is 0 Å². The molecule has 0 radical (unpaired) electrons. The molecule has 3 aromatic rings. The lowest BCUT2D eigenvalue weighted by Crippen LogP contribution is -2.54.